The number of carboxylic acid groups (broad SMARTS) is 1. The molecular formula is C16H25NO3. The number of phenolic OH excluding ortho intramolecular Hbond substituents is 1. The average Bonchev–Trinajstić information content (AvgIpc) is 2.35. The van der Waals surface area contributed by atoms with Crippen LogP contribution >= 0.6 is 0 Å². The molecule has 0 spiro atoms. The number of carbonyl (C=O) groups is 1. The largest absolute Gasteiger partial charge is 0.508 e. The second-order valence-corrected chi connectivity index (χ2v) is 5.68. The Morgan fingerprint density at radius 3 is 2.30 bits per heavy atom. The summed E-state index contributed by atoms with van der Waals surface area (Å²) >= 11 is 0. The molecule has 0 aliphatic rings. The lowest BCUT2D eigenvalue weighted by Crippen LogP contribution is -2.37. The predicted molar refractivity (Wildman–Crippen MR) is 80.4 cm³/mol. The molecule has 1 rings (SSSR count). The summed E-state index contributed by atoms with van der Waals surface area (Å²) in [6, 6.07) is 5.41. The van der Waals surface area contributed by atoms with E-state index in [0.29, 0.717) is 24.1 Å². The molecule has 0 saturated heterocycles. The number of nitrogens with zero attached hydrogens (tertiary/aromatic N) is 1. The molecule has 0 aliphatic carbocycles. The van der Waals surface area contributed by atoms with E-state index in [1.165, 1.54) is 12.1 Å². The maximum absolute atomic E-state index is 10.9. The number of hydrogen-bond donors (Lipinski definition) is 2. The van der Waals surface area contributed by atoms with Crippen LogP contribution in [0.4, 0.5) is 0 Å². The minimum Gasteiger partial charge on any atom is -0.508 e. The van der Waals surface area contributed by atoms with Crippen LogP contribution < -0.4 is 0 Å². The monoisotopic (exact) mass is 279 g/mol. The molecule has 0 heterocycles. The molecule has 0 unspecified atom stereocenters. The first-order chi connectivity index (χ1) is 9.32. The van der Waals surface area contributed by atoms with Gasteiger partial charge in [-0.15, -0.1) is 0 Å². The highest BCUT2D eigenvalue weighted by molar-refractivity contribution is 5.88. The first kappa shape index (κ1) is 16.5. The molecule has 1 aromatic rings. The Kier molecular flexibility index (Phi) is 6.02. The predicted octanol–water partition coefficient (Wildman–Crippen LogP) is 3.14. The second kappa shape index (κ2) is 7.29. The summed E-state index contributed by atoms with van der Waals surface area (Å²) in [5.41, 5.74) is 0.930. The fraction of sp³-hybridized carbons (Fsp3) is 0.562. The van der Waals surface area contributed by atoms with Crippen LogP contribution in [0.15, 0.2) is 18.2 Å². The SMILES string of the molecule is CC(C)N(CCCc1cc(C(=O)O)ccc1O)C(C)C. The molecule has 0 saturated carbocycles. The molecule has 0 radical (unpaired) electrons. The summed E-state index contributed by atoms with van der Waals surface area (Å²) in [4.78, 5) is 13.3. The lowest BCUT2D eigenvalue weighted by molar-refractivity contribution is 0.0696. The van der Waals surface area contributed by atoms with Crippen molar-refractivity contribution in [2.24, 2.45) is 0 Å². The Bertz CT molecular complexity index is 447. The summed E-state index contributed by atoms with van der Waals surface area (Å²) in [7, 11) is 0. The normalized spacial score (nSPS) is 11.6. The second-order valence-electron chi connectivity index (χ2n) is 5.68. The topological polar surface area (TPSA) is 60.8 Å². The number of aromatic carboxylic acids is 1. The van der Waals surface area contributed by atoms with Gasteiger partial charge < -0.3 is 10.2 Å². The maximum Gasteiger partial charge on any atom is 0.335 e. The molecule has 20 heavy (non-hydrogen) atoms. The van der Waals surface area contributed by atoms with Crippen molar-refractivity contribution in [3.63, 3.8) is 0 Å². The number of carboxylic acids is 1. The lowest BCUT2D eigenvalue weighted by Gasteiger charge is -2.30. The van der Waals surface area contributed by atoms with Crippen LogP contribution in [0, 0.1) is 0 Å². The number of rotatable bonds is 7. The van der Waals surface area contributed by atoms with Gasteiger partial charge in [0.15, 0.2) is 0 Å². The van der Waals surface area contributed by atoms with Gasteiger partial charge in [-0.05, 0) is 70.8 Å². The van der Waals surface area contributed by atoms with Crippen molar-refractivity contribution in [1.82, 2.24) is 4.90 Å². The third-order valence-electron chi connectivity index (χ3n) is 3.52. The van der Waals surface area contributed by atoms with Crippen molar-refractivity contribution in [3.8, 4) is 5.75 Å². The molecule has 1 aromatic carbocycles. The van der Waals surface area contributed by atoms with E-state index < -0.39 is 5.97 Å². The number of phenols is 1. The van der Waals surface area contributed by atoms with Gasteiger partial charge >= 0.3 is 5.97 Å². The molecule has 4 nitrogen and oxygen atoms in total. The van der Waals surface area contributed by atoms with Gasteiger partial charge in [0.05, 0.1) is 5.56 Å². The molecule has 4 heteroatoms. The van der Waals surface area contributed by atoms with Crippen molar-refractivity contribution in [3.05, 3.63) is 29.3 Å². The highest BCUT2D eigenvalue weighted by atomic mass is 16.4. The van der Waals surface area contributed by atoms with E-state index >= 15 is 0 Å². The van der Waals surface area contributed by atoms with Gasteiger partial charge in [-0.2, -0.15) is 0 Å². The molecule has 0 bridgehead atoms. The molecule has 2 N–H and O–H groups in total. The summed E-state index contributed by atoms with van der Waals surface area (Å²) in [6.07, 6.45) is 1.58. The fourth-order valence-corrected chi connectivity index (χ4v) is 2.48. The number of aromatic hydroxyl groups is 1. The van der Waals surface area contributed by atoms with E-state index in [2.05, 4.69) is 32.6 Å². The third kappa shape index (κ3) is 4.53. The van der Waals surface area contributed by atoms with Crippen molar-refractivity contribution in [2.45, 2.75) is 52.6 Å². The van der Waals surface area contributed by atoms with E-state index in [1.807, 2.05) is 0 Å². The Labute approximate surface area is 121 Å². The van der Waals surface area contributed by atoms with Crippen LogP contribution in [0.25, 0.3) is 0 Å². The average molecular weight is 279 g/mol. The molecule has 0 aromatic heterocycles. The van der Waals surface area contributed by atoms with E-state index in [-0.39, 0.29) is 11.3 Å². The van der Waals surface area contributed by atoms with Crippen LogP contribution in [0.1, 0.15) is 50.0 Å². The molecular weight excluding hydrogens is 254 g/mol. The maximum atomic E-state index is 10.9. The van der Waals surface area contributed by atoms with E-state index in [9.17, 15) is 9.90 Å². The summed E-state index contributed by atoms with van der Waals surface area (Å²) in [5.74, 6) is -0.784. The minimum atomic E-state index is -0.961. The van der Waals surface area contributed by atoms with Gasteiger partial charge in [0.1, 0.15) is 5.75 Å². The molecule has 112 valence electrons. The Balaban J connectivity index is 2.65. The van der Waals surface area contributed by atoms with Crippen molar-refractivity contribution in [2.75, 3.05) is 6.54 Å². The van der Waals surface area contributed by atoms with Gasteiger partial charge in [0, 0.05) is 12.1 Å². The van der Waals surface area contributed by atoms with Gasteiger partial charge in [0.2, 0.25) is 0 Å². The summed E-state index contributed by atoms with van der Waals surface area (Å²) < 4.78 is 0. The van der Waals surface area contributed by atoms with Crippen molar-refractivity contribution >= 4 is 5.97 Å². The standard InChI is InChI=1S/C16H25NO3/c1-11(2)17(12(3)4)9-5-6-13-10-14(16(19)20)7-8-15(13)18/h7-8,10-12,18H,5-6,9H2,1-4H3,(H,19,20). The third-order valence-corrected chi connectivity index (χ3v) is 3.52. The van der Waals surface area contributed by atoms with Crippen LogP contribution in [-0.2, 0) is 6.42 Å². The number of aryl methyl sites for hydroxylation is 1. The summed E-state index contributed by atoms with van der Waals surface area (Å²) in [6.45, 7) is 9.61. The van der Waals surface area contributed by atoms with Crippen molar-refractivity contribution < 1.29 is 15.0 Å². The highest BCUT2D eigenvalue weighted by Gasteiger charge is 2.13. The molecule has 0 atom stereocenters. The van der Waals surface area contributed by atoms with Crippen molar-refractivity contribution in [1.29, 1.82) is 0 Å². The smallest absolute Gasteiger partial charge is 0.335 e. The van der Waals surface area contributed by atoms with Crippen LogP contribution in [0.2, 0.25) is 0 Å². The molecule has 0 aliphatic heterocycles. The Morgan fingerprint density at radius 1 is 1.20 bits per heavy atom. The number of benzene rings is 1. The Morgan fingerprint density at radius 2 is 1.80 bits per heavy atom. The fourth-order valence-electron chi connectivity index (χ4n) is 2.48. The van der Waals surface area contributed by atoms with Gasteiger partial charge in [0.25, 0.3) is 0 Å². The Hall–Kier alpha value is -1.55. The first-order valence-electron chi connectivity index (χ1n) is 7.13. The van der Waals surface area contributed by atoms with E-state index in [4.69, 9.17) is 5.11 Å². The summed E-state index contributed by atoms with van der Waals surface area (Å²) in [5, 5.41) is 18.8. The van der Waals surface area contributed by atoms with Crippen LogP contribution in [-0.4, -0.2) is 39.7 Å². The van der Waals surface area contributed by atoms with Gasteiger partial charge in [-0.25, -0.2) is 4.79 Å². The van der Waals surface area contributed by atoms with Crippen LogP contribution in [0.3, 0.4) is 0 Å². The quantitative estimate of drug-likeness (QED) is 0.805. The lowest BCUT2D eigenvalue weighted by atomic mass is 10.0. The molecule has 0 fully saturated rings. The highest BCUT2D eigenvalue weighted by Crippen LogP contribution is 2.20. The van der Waals surface area contributed by atoms with Gasteiger partial charge in [-0.3, -0.25) is 4.90 Å². The van der Waals surface area contributed by atoms with E-state index in [1.54, 1.807) is 6.07 Å². The zero-order valence-corrected chi connectivity index (χ0v) is 12.8. The number of hydrogen-bond acceptors (Lipinski definition) is 3. The van der Waals surface area contributed by atoms with Crippen LogP contribution in [0.5, 0.6) is 5.75 Å². The zero-order chi connectivity index (χ0) is 15.3. The molecule has 0 amide bonds. The van der Waals surface area contributed by atoms with E-state index in [0.717, 1.165) is 13.0 Å². The zero-order valence-electron chi connectivity index (χ0n) is 12.8. The van der Waals surface area contributed by atoms with Gasteiger partial charge in [-0.1, -0.05) is 0 Å². The minimum absolute atomic E-state index is 0.177. The first-order valence-corrected chi connectivity index (χ1v) is 7.13.